The summed E-state index contributed by atoms with van der Waals surface area (Å²) in [5.41, 5.74) is 2.83. The largest absolute Gasteiger partial charge is 0.359 e. The number of anilines is 1. The minimum absolute atomic E-state index is 0.0814. The van der Waals surface area contributed by atoms with E-state index in [0.717, 1.165) is 24.2 Å². The predicted octanol–water partition coefficient (Wildman–Crippen LogP) is 2.21. The van der Waals surface area contributed by atoms with Crippen molar-refractivity contribution >= 4 is 23.2 Å². The average molecular weight is 319 g/mol. The fraction of sp³-hybridized carbons (Fsp3) is 0.375. The highest BCUT2D eigenvalue weighted by Gasteiger charge is 2.20. The van der Waals surface area contributed by atoms with Crippen LogP contribution in [0.4, 0.5) is 5.69 Å². The minimum Gasteiger partial charge on any atom is -0.359 e. The Morgan fingerprint density at radius 3 is 2.68 bits per heavy atom. The Morgan fingerprint density at radius 1 is 1.41 bits per heavy atom. The SMILES string of the molecule is Cc1cc(C)c(N/C=C(/C#N)C(=O)N2CCNCC2)c(Cl)c1. The zero-order chi connectivity index (χ0) is 16.1. The third-order valence-electron chi connectivity index (χ3n) is 3.55. The van der Waals surface area contributed by atoms with Crippen LogP contribution in [0.15, 0.2) is 23.9 Å². The van der Waals surface area contributed by atoms with Gasteiger partial charge in [-0.25, -0.2) is 0 Å². The maximum atomic E-state index is 12.3. The zero-order valence-electron chi connectivity index (χ0n) is 12.7. The molecule has 1 aliphatic rings. The molecule has 1 heterocycles. The highest BCUT2D eigenvalue weighted by Crippen LogP contribution is 2.27. The number of nitrogens with one attached hydrogen (secondary N) is 2. The lowest BCUT2D eigenvalue weighted by Crippen LogP contribution is -2.46. The van der Waals surface area contributed by atoms with Gasteiger partial charge >= 0.3 is 0 Å². The highest BCUT2D eigenvalue weighted by molar-refractivity contribution is 6.33. The third-order valence-corrected chi connectivity index (χ3v) is 3.85. The average Bonchev–Trinajstić information content (AvgIpc) is 2.50. The standard InChI is InChI=1S/C16H19ClN4O/c1-11-7-12(2)15(14(17)8-11)20-10-13(9-18)16(22)21-5-3-19-4-6-21/h7-8,10,19-20H,3-6H2,1-2H3/b13-10-. The monoisotopic (exact) mass is 318 g/mol. The predicted molar refractivity (Wildman–Crippen MR) is 87.7 cm³/mol. The van der Waals surface area contributed by atoms with Crippen molar-refractivity contribution < 1.29 is 4.79 Å². The van der Waals surface area contributed by atoms with Crippen molar-refractivity contribution in [1.82, 2.24) is 10.2 Å². The van der Waals surface area contributed by atoms with E-state index in [2.05, 4.69) is 10.6 Å². The first-order chi connectivity index (χ1) is 10.5. The molecule has 0 aromatic heterocycles. The van der Waals surface area contributed by atoms with E-state index >= 15 is 0 Å². The van der Waals surface area contributed by atoms with Crippen LogP contribution in [-0.2, 0) is 4.79 Å². The summed E-state index contributed by atoms with van der Waals surface area (Å²) in [6, 6.07) is 5.80. The third kappa shape index (κ3) is 3.79. The molecule has 1 amide bonds. The second-order valence-corrected chi connectivity index (χ2v) is 5.70. The Bertz CT molecular complexity index is 619. The van der Waals surface area contributed by atoms with Crippen molar-refractivity contribution in [3.8, 4) is 6.07 Å². The molecular formula is C16H19ClN4O. The van der Waals surface area contributed by atoms with Crippen LogP contribution < -0.4 is 10.6 Å². The van der Waals surface area contributed by atoms with E-state index in [4.69, 9.17) is 11.6 Å². The summed E-state index contributed by atoms with van der Waals surface area (Å²) in [5.74, 6) is -0.252. The number of hydrogen-bond acceptors (Lipinski definition) is 4. The summed E-state index contributed by atoms with van der Waals surface area (Å²) >= 11 is 6.21. The summed E-state index contributed by atoms with van der Waals surface area (Å²) < 4.78 is 0. The zero-order valence-corrected chi connectivity index (χ0v) is 13.5. The minimum atomic E-state index is -0.252. The topological polar surface area (TPSA) is 68.2 Å². The molecule has 2 N–H and O–H groups in total. The van der Waals surface area contributed by atoms with Gasteiger partial charge in [0.05, 0.1) is 10.7 Å². The van der Waals surface area contributed by atoms with Crippen molar-refractivity contribution in [2.24, 2.45) is 0 Å². The van der Waals surface area contributed by atoms with Gasteiger partial charge in [0.15, 0.2) is 0 Å². The Hall–Kier alpha value is -2.03. The molecule has 1 saturated heterocycles. The Labute approximate surface area is 135 Å². The molecular weight excluding hydrogens is 300 g/mol. The van der Waals surface area contributed by atoms with Crippen molar-refractivity contribution in [2.45, 2.75) is 13.8 Å². The first-order valence-electron chi connectivity index (χ1n) is 7.16. The highest BCUT2D eigenvalue weighted by atomic mass is 35.5. The van der Waals surface area contributed by atoms with Crippen LogP contribution in [0.2, 0.25) is 5.02 Å². The first kappa shape index (κ1) is 16.3. The molecule has 1 aromatic carbocycles. The molecule has 6 heteroatoms. The summed E-state index contributed by atoms with van der Waals surface area (Å²) in [7, 11) is 0. The second-order valence-electron chi connectivity index (χ2n) is 5.29. The van der Waals surface area contributed by atoms with Gasteiger partial charge in [0.1, 0.15) is 11.6 Å². The molecule has 0 aliphatic carbocycles. The molecule has 0 spiro atoms. The first-order valence-corrected chi connectivity index (χ1v) is 7.54. The molecule has 22 heavy (non-hydrogen) atoms. The van der Waals surface area contributed by atoms with Gasteiger partial charge in [-0.2, -0.15) is 5.26 Å². The molecule has 2 rings (SSSR count). The van der Waals surface area contributed by atoms with E-state index < -0.39 is 0 Å². The van der Waals surface area contributed by atoms with Crippen molar-refractivity contribution in [3.05, 3.63) is 40.1 Å². The molecule has 0 bridgehead atoms. The normalized spacial score (nSPS) is 15.4. The quantitative estimate of drug-likeness (QED) is 0.662. The van der Waals surface area contributed by atoms with E-state index in [9.17, 15) is 10.1 Å². The van der Waals surface area contributed by atoms with E-state index in [1.165, 1.54) is 6.20 Å². The molecule has 0 saturated carbocycles. The van der Waals surface area contributed by atoms with Crippen molar-refractivity contribution in [2.75, 3.05) is 31.5 Å². The van der Waals surface area contributed by atoms with Crippen LogP contribution in [-0.4, -0.2) is 37.0 Å². The molecule has 1 aromatic rings. The molecule has 0 unspecified atom stereocenters. The number of hydrogen-bond donors (Lipinski definition) is 2. The van der Waals surface area contributed by atoms with E-state index in [1.807, 2.05) is 32.0 Å². The summed E-state index contributed by atoms with van der Waals surface area (Å²) in [5, 5.41) is 16.0. The smallest absolute Gasteiger partial charge is 0.266 e. The number of benzene rings is 1. The number of aryl methyl sites for hydroxylation is 2. The van der Waals surface area contributed by atoms with Gasteiger partial charge in [0.2, 0.25) is 0 Å². The number of nitriles is 1. The van der Waals surface area contributed by atoms with Gasteiger partial charge in [-0.3, -0.25) is 4.79 Å². The summed E-state index contributed by atoms with van der Waals surface area (Å²) in [4.78, 5) is 14.0. The molecule has 5 nitrogen and oxygen atoms in total. The van der Waals surface area contributed by atoms with Crippen LogP contribution in [0.3, 0.4) is 0 Å². The number of carbonyl (C=O) groups is 1. The molecule has 116 valence electrons. The van der Waals surface area contributed by atoms with Crippen LogP contribution in [0.1, 0.15) is 11.1 Å². The molecule has 0 radical (unpaired) electrons. The fourth-order valence-corrected chi connectivity index (χ4v) is 2.80. The van der Waals surface area contributed by atoms with Gasteiger partial charge in [-0.1, -0.05) is 17.7 Å². The number of nitrogens with zero attached hydrogens (tertiary/aromatic N) is 2. The fourth-order valence-electron chi connectivity index (χ4n) is 2.42. The number of rotatable bonds is 3. The molecule has 1 fully saturated rings. The van der Waals surface area contributed by atoms with Gasteiger partial charge < -0.3 is 15.5 Å². The van der Waals surface area contributed by atoms with Crippen LogP contribution >= 0.6 is 11.6 Å². The Kier molecular flexibility index (Phi) is 5.42. The lowest BCUT2D eigenvalue weighted by molar-refractivity contribution is -0.127. The van der Waals surface area contributed by atoms with E-state index in [1.54, 1.807) is 4.90 Å². The second kappa shape index (κ2) is 7.30. The molecule has 1 aliphatic heterocycles. The maximum absolute atomic E-state index is 12.3. The maximum Gasteiger partial charge on any atom is 0.266 e. The van der Waals surface area contributed by atoms with Crippen molar-refractivity contribution in [1.29, 1.82) is 5.26 Å². The summed E-state index contributed by atoms with van der Waals surface area (Å²) in [6.45, 7) is 6.62. The van der Waals surface area contributed by atoms with E-state index in [0.29, 0.717) is 23.8 Å². The lowest BCUT2D eigenvalue weighted by atomic mass is 10.1. The van der Waals surface area contributed by atoms with Crippen molar-refractivity contribution in [3.63, 3.8) is 0 Å². The Morgan fingerprint density at radius 2 is 2.09 bits per heavy atom. The summed E-state index contributed by atoms with van der Waals surface area (Å²) in [6.07, 6.45) is 1.44. The van der Waals surface area contributed by atoms with Gasteiger partial charge in [-0.05, 0) is 31.0 Å². The van der Waals surface area contributed by atoms with Crippen LogP contribution in [0, 0.1) is 25.2 Å². The molecule has 0 atom stereocenters. The number of carbonyl (C=O) groups excluding carboxylic acids is 1. The van der Waals surface area contributed by atoms with Gasteiger partial charge in [0, 0.05) is 32.4 Å². The number of piperazine rings is 1. The lowest BCUT2D eigenvalue weighted by Gasteiger charge is -2.27. The van der Waals surface area contributed by atoms with Crippen LogP contribution in [0.5, 0.6) is 0 Å². The Balaban J connectivity index is 2.16. The van der Waals surface area contributed by atoms with Crippen LogP contribution in [0.25, 0.3) is 0 Å². The van der Waals surface area contributed by atoms with E-state index in [-0.39, 0.29) is 11.5 Å². The van der Waals surface area contributed by atoms with Gasteiger partial charge in [-0.15, -0.1) is 0 Å². The van der Waals surface area contributed by atoms with Gasteiger partial charge in [0.25, 0.3) is 5.91 Å². The number of amides is 1. The number of halogens is 1.